The van der Waals surface area contributed by atoms with Gasteiger partial charge < -0.3 is 15.0 Å². The lowest BCUT2D eigenvalue weighted by atomic mass is 10.1. The summed E-state index contributed by atoms with van der Waals surface area (Å²) in [5.41, 5.74) is 4.96. The fraction of sp³-hybridized carbons (Fsp3) is 0.312. The number of fused-ring (bicyclic) bond motifs is 3. The molecule has 1 aromatic carbocycles. The highest BCUT2D eigenvalue weighted by molar-refractivity contribution is 5.86. The highest BCUT2D eigenvalue weighted by Crippen LogP contribution is 2.30. The van der Waals surface area contributed by atoms with Crippen molar-refractivity contribution in [3.63, 3.8) is 0 Å². The minimum Gasteiger partial charge on any atom is -0.445 e. The van der Waals surface area contributed by atoms with Crippen LogP contribution in [0.25, 0.3) is 10.9 Å². The summed E-state index contributed by atoms with van der Waals surface area (Å²) in [5, 5.41) is 4.16. The smallest absolute Gasteiger partial charge is 0.407 e. The van der Waals surface area contributed by atoms with Crippen molar-refractivity contribution in [1.82, 2.24) is 10.3 Å². The van der Waals surface area contributed by atoms with E-state index in [1.807, 2.05) is 0 Å². The summed E-state index contributed by atoms with van der Waals surface area (Å²) in [6.45, 7) is 5.86. The number of amides is 1. The van der Waals surface area contributed by atoms with Crippen molar-refractivity contribution in [2.24, 2.45) is 0 Å². The summed E-state index contributed by atoms with van der Waals surface area (Å²) in [6, 6.07) is 6.53. The zero-order valence-corrected chi connectivity index (χ0v) is 11.5. The fourth-order valence-corrected chi connectivity index (χ4v) is 2.83. The second-order valence-corrected chi connectivity index (χ2v) is 5.27. The van der Waals surface area contributed by atoms with Crippen molar-refractivity contribution >= 4 is 17.0 Å². The van der Waals surface area contributed by atoms with Crippen molar-refractivity contribution < 1.29 is 9.53 Å². The molecule has 0 radical (unpaired) electrons. The van der Waals surface area contributed by atoms with E-state index in [4.69, 9.17) is 4.74 Å². The van der Waals surface area contributed by atoms with Crippen LogP contribution in [0, 0.1) is 6.92 Å². The molecule has 1 amide bonds. The van der Waals surface area contributed by atoms with Gasteiger partial charge in [0.05, 0.1) is 0 Å². The molecule has 1 unspecified atom stereocenters. The van der Waals surface area contributed by atoms with Gasteiger partial charge in [-0.15, -0.1) is 0 Å². The fourth-order valence-electron chi connectivity index (χ4n) is 2.83. The van der Waals surface area contributed by atoms with Gasteiger partial charge in [0, 0.05) is 29.1 Å². The van der Waals surface area contributed by atoms with E-state index in [9.17, 15) is 4.79 Å². The van der Waals surface area contributed by atoms with Gasteiger partial charge in [0.15, 0.2) is 0 Å². The van der Waals surface area contributed by atoms with Gasteiger partial charge in [-0.2, -0.15) is 0 Å². The first-order valence-electron chi connectivity index (χ1n) is 6.81. The summed E-state index contributed by atoms with van der Waals surface area (Å²) in [4.78, 5) is 15.0. The molecule has 4 nitrogen and oxygen atoms in total. The first-order chi connectivity index (χ1) is 9.67. The Morgan fingerprint density at radius 1 is 1.55 bits per heavy atom. The van der Waals surface area contributed by atoms with Gasteiger partial charge in [-0.3, -0.25) is 0 Å². The Hall–Kier alpha value is -2.23. The Morgan fingerprint density at radius 3 is 3.20 bits per heavy atom. The van der Waals surface area contributed by atoms with Gasteiger partial charge in [0.25, 0.3) is 0 Å². The molecular formula is C16H18N2O2. The Labute approximate surface area is 117 Å². The van der Waals surface area contributed by atoms with Gasteiger partial charge in [-0.25, -0.2) is 4.79 Å². The monoisotopic (exact) mass is 270 g/mol. The highest BCUT2D eigenvalue weighted by Gasteiger charge is 2.26. The molecule has 0 saturated carbocycles. The number of carbonyl (C=O) groups is 1. The molecule has 1 aliphatic rings. The van der Waals surface area contributed by atoms with Crippen LogP contribution in [0.1, 0.15) is 16.8 Å². The summed E-state index contributed by atoms with van der Waals surface area (Å²) < 4.78 is 4.96. The molecule has 1 atom stereocenters. The molecule has 0 fully saturated rings. The number of hydrogen-bond acceptors (Lipinski definition) is 2. The third kappa shape index (κ3) is 2.29. The number of aromatic amines is 1. The zero-order chi connectivity index (χ0) is 14.1. The first kappa shape index (κ1) is 12.8. The van der Waals surface area contributed by atoms with Gasteiger partial charge >= 0.3 is 6.09 Å². The predicted octanol–water partition coefficient (Wildman–Crippen LogP) is 2.86. The van der Waals surface area contributed by atoms with Crippen LogP contribution in [-0.4, -0.2) is 23.7 Å². The summed E-state index contributed by atoms with van der Waals surface area (Å²) in [6.07, 6.45) is 2.86. The highest BCUT2D eigenvalue weighted by atomic mass is 16.5. The molecule has 1 heterocycles. The summed E-state index contributed by atoms with van der Waals surface area (Å²) in [5.74, 6) is 0. The third-order valence-corrected chi connectivity index (χ3v) is 3.71. The van der Waals surface area contributed by atoms with Crippen molar-refractivity contribution in [3.05, 3.63) is 47.7 Å². The average molecular weight is 270 g/mol. The molecule has 1 aliphatic carbocycles. The number of H-pyrrole nitrogens is 1. The maximum atomic E-state index is 11.6. The van der Waals surface area contributed by atoms with E-state index in [-0.39, 0.29) is 18.7 Å². The molecule has 20 heavy (non-hydrogen) atoms. The van der Waals surface area contributed by atoms with Crippen molar-refractivity contribution in [2.45, 2.75) is 25.8 Å². The zero-order valence-electron chi connectivity index (χ0n) is 11.5. The Bertz CT molecular complexity index is 672. The number of aryl methyl sites for hydroxylation is 1. The van der Waals surface area contributed by atoms with Crippen LogP contribution in [0.3, 0.4) is 0 Å². The Kier molecular flexibility index (Phi) is 3.22. The van der Waals surface area contributed by atoms with Crippen LogP contribution in [0.5, 0.6) is 0 Å². The number of rotatable bonds is 3. The maximum Gasteiger partial charge on any atom is 0.407 e. The lowest BCUT2D eigenvalue weighted by Gasteiger charge is -2.12. The van der Waals surface area contributed by atoms with Crippen LogP contribution < -0.4 is 5.32 Å². The average Bonchev–Trinajstić information content (AvgIpc) is 2.94. The largest absolute Gasteiger partial charge is 0.445 e. The van der Waals surface area contributed by atoms with E-state index in [1.54, 1.807) is 6.08 Å². The standard InChI is InChI=1S/C16H18N2O2/c1-3-6-20-16(19)17-11-8-13-12-7-10(2)4-5-14(12)18-15(13)9-11/h3-5,7,11,18H,1,6,8-9H2,2H3,(H,17,19). The van der Waals surface area contributed by atoms with Crippen LogP contribution in [0.15, 0.2) is 30.9 Å². The van der Waals surface area contributed by atoms with E-state index >= 15 is 0 Å². The number of hydrogen-bond donors (Lipinski definition) is 2. The van der Waals surface area contributed by atoms with Crippen LogP contribution in [0.4, 0.5) is 4.79 Å². The molecule has 0 spiro atoms. The van der Waals surface area contributed by atoms with E-state index in [2.05, 4.69) is 42.0 Å². The molecule has 2 aromatic rings. The molecule has 1 aromatic heterocycles. The Balaban J connectivity index is 1.74. The van der Waals surface area contributed by atoms with E-state index in [0.29, 0.717) is 0 Å². The van der Waals surface area contributed by atoms with E-state index in [1.165, 1.54) is 27.7 Å². The SMILES string of the molecule is C=CCOC(=O)NC1Cc2[nH]c3ccc(C)cc3c2C1. The van der Waals surface area contributed by atoms with Gasteiger partial charge in [-0.1, -0.05) is 24.3 Å². The number of ether oxygens (including phenoxy) is 1. The lowest BCUT2D eigenvalue weighted by Crippen LogP contribution is -2.35. The maximum absolute atomic E-state index is 11.6. The van der Waals surface area contributed by atoms with Crippen LogP contribution >= 0.6 is 0 Å². The van der Waals surface area contributed by atoms with Gasteiger partial charge in [0.2, 0.25) is 0 Å². The van der Waals surface area contributed by atoms with Crippen molar-refractivity contribution in [3.8, 4) is 0 Å². The molecule has 0 aliphatic heterocycles. The van der Waals surface area contributed by atoms with Gasteiger partial charge in [0.1, 0.15) is 6.61 Å². The second kappa shape index (κ2) is 5.04. The molecule has 2 N–H and O–H groups in total. The van der Waals surface area contributed by atoms with Crippen LogP contribution in [0.2, 0.25) is 0 Å². The van der Waals surface area contributed by atoms with E-state index in [0.717, 1.165) is 12.8 Å². The number of nitrogens with one attached hydrogen (secondary N) is 2. The molecule has 0 bridgehead atoms. The minimum absolute atomic E-state index is 0.110. The Morgan fingerprint density at radius 2 is 2.40 bits per heavy atom. The molecule has 104 valence electrons. The number of alkyl carbamates (subject to hydrolysis) is 1. The number of aromatic nitrogens is 1. The summed E-state index contributed by atoms with van der Waals surface area (Å²) >= 11 is 0. The normalized spacial score (nSPS) is 16.9. The molecule has 3 rings (SSSR count). The third-order valence-electron chi connectivity index (χ3n) is 3.71. The van der Waals surface area contributed by atoms with Crippen molar-refractivity contribution in [1.29, 1.82) is 0 Å². The quantitative estimate of drug-likeness (QED) is 0.843. The second-order valence-electron chi connectivity index (χ2n) is 5.27. The summed E-state index contributed by atoms with van der Waals surface area (Å²) in [7, 11) is 0. The number of benzene rings is 1. The lowest BCUT2D eigenvalue weighted by molar-refractivity contribution is 0.154. The van der Waals surface area contributed by atoms with Gasteiger partial charge in [-0.05, 0) is 31.0 Å². The number of carbonyl (C=O) groups excluding carboxylic acids is 1. The molecular weight excluding hydrogens is 252 g/mol. The van der Waals surface area contributed by atoms with Crippen molar-refractivity contribution in [2.75, 3.05) is 6.61 Å². The van der Waals surface area contributed by atoms with E-state index < -0.39 is 0 Å². The molecule has 4 heteroatoms. The first-order valence-corrected chi connectivity index (χ1v) is 6.81. The predicted molar refractivity (Wildman–Crippen MR) is 78.9 cm³/mol. The molecule has 0 saturated heterocycles. The topological polar surface area (TPSA) is 54.1 Å². The van der Waals surface area contributed by atoms with Crippen LogP contribution in [-0.2, 0) is 17.6 Å². The minimum atomic E-state index is -0.375.